The summed E-state index contributed by atoms with van der Waals surface area (Å²) in [7, 11) is 0. The fraction of sp³-hybridized carbons (Fsp3) is 0.533. The van der Waals surface area contributed by atoms with Crippen LogP contribution in [0, 0.1) is 15.5 Å². The van der Waals surface area contributed by atoms with Gasteiger partial charge in [0.1, 0.15) is 0 Å². The maximum Gasteiger partial charge on any atom is 0.270 e. The lowest BCUT2D eigenvalue weighted by molar-refractivity contribution is -0.384. The van der Waals surface area contributed by atoms with Gasteiger partial charge in [-0.2, -0.15) is 0 Å². The number of halogens is 1. The van der Waals surface area contributed by atoms with E-state index in [1.807, 2.05) is 13.8 Å². The summed E-state index contributed by atoms with van der Waals surface area (Å²) in [6, 6.07) is 3.84. The van der Waals surface area contributed by atoms with Gasteiger partial charge in [0, 0.05) is 17.7 Å². The fourth-order valence-corrected chi connectivity index (χ4v) is 2.75. The van der Waals surface area contributed by atoms with Gasteiger partial charge in [0.2, 0.25) is 0 Å². The van der Waals surface area contributed by atoms with Gasteiger partial charge in [-0.3, -0.25) is 14.9 Å². The molecule has 1 rings (SSSR count). The Hall–Kier alpha value is -1.62. The Balaban J connectivity index is 2.99. The predicted octanol–water partition coefficient (Wildman–Crippen LogP) is 4.19. The van der Waals surface area contributed by atoms with Crippen molar-refractivity contribution >= 4 is 23.2 Å². The quantitative estimate of drug-likeness (QED) is 0.669. The second kappa shape index (κ2) is 6.02. The van der Waals surface area contributed by atoms with Crippen LogP contribution < -0.4 is 5.32 Å². The van der Waals surface area contributed by atoms with Gasteiger partial charge in [-0.15, -0.1) is 0 Å². The molecule has 6 heteroatoms. The lowest BCUT2D eigenvalue weighted by Crippen LogP contribution is -2.45. The molecule has 0 fully saturated rings. The Morgan fingerprint density at radius 1 is 1.29 bits per heavy atom. The zero-order chi connectivity index (χ0) is 16.4. The number of hydrogen-bond acceptors (Lipinski definition) is 3. The van der Waals surface area contributed by atoms with Gasteiger partial charge < -0.3 is 5.32 Å². The molecular formula is C15H21ClN2O3. The van der Waals surface area contributed by atoms with Crippen molar-refractivity contribution in [3.8, 4) is 0 Å². The van der Waals surface area contributed by atoms with Crippen LogP contribution in [0.2, 0.25) is 5.02 Å². The first-order chi connectivity index (χ1) is 9.41. The lowest BCUT2D eigenvalue weighted by atomic mass is 9.81. The molecule has 0 radical (unpaired) electrons. The van der Waals surface area contributed by atoms with E-state index in [0.29, 0.717) is 0 Å². The first kappa shape index (κ1) is 17.4. The summed E-state index contributed by atoms with van der Waals surface area (Å²) in [6.07, 6.45) is 0.762. The van der Waals surface area contributed by atoms with Crippen LogP contribution in [0.3, 0.4) is 0 Å². The summed E-state index contributed by atoms with van der Waals surface area (Å²) in [5, 5.41) is 13.9. The minimum absolute atomic E-state index is 0.0449. The monoisotopic (exact) mass is 312 g/mol. The minimum Gasteiger partial charge on any atom is -0.347 e. The molecule has 0 unspecified atom stereocenters. The van der Waals surface area contributed by atoms with Crippen LogP contribution in [0.5, 0.6) is 0 Å². The number of nitrogens with zero attached hydrogens (tertiary/aromatic N) is 1. The SMILES string of the molecule is CC(C)(C)CC(C)(C)NC(=O)c1cc([N+](=O)[O-])ccc1Cl. The van der Waals surface area contributed by atoms with E-state index in [-0.39, 0.29) is 21.7 Å². The van der Waals surface area contributed by atoms with Gasteiger partial charge in [0.05, 0.1) is 15.5 Å². The van der Waals surface area contributed by atoms with Gasteiger partial charge in [0.15, 0.2) is 0 Å². The number of hydrogen-bond donors (Lipinski definition) is 1. The van der Waals surface area contributed by atoms with Gasteiger partial charge >= 0.3 is 0 Å². The first-order valence-corrected chi connectivity index (χ1v) is 7.05. The zero-order valence-corrected chi connectivity index (χ0v) is 13.7. The highest BCUT2D eigenvalue weighted by atomic mass is 35.5. The highest BCUT2D eigenvalue weighted by Crippen LogP contribution is 2.28. The molecule has 0 bridgehead atoms. The molecule has 1 amide bonds. The average Bonchev–Trinajstić information content (AvgIpc) is 2.24. The second-order valence-corrected chi connectivity index (χ2v) is 7.40. The highest BCUT2D eigenvalue weighted by molar-refractivity contribution is 6.34. The van der Waals surface area contributed by atoms with Crippen molar-refractivity contribution in [2.75, 3.05) is 0 Å². The fourth-order valence-electron chi connectivity index (χ4n) is 2.55. The Morgan fingerprint density at radius 3 is 2.33 bits per heavy atom. The summed E-state index contributed by atoms with van der Waals surface area (Å²) in [5.74, 6) is -0.405. The van der Waals surface area contributed by atoms with E-state index >= 15 is 0 Å². The number of nitrogens with one attached hydrogen (secondary N) is 1. The Bertz CT molecular complexity index is 563. The molecule has 5 nitrogen and oxygen atoms in total. The molecule has 0 aliphatic rings. The van der Waals surface area contributed by atoms with E-state index in [4.69, 9.17) is 11.6 Å². The van der Waals surface area contributed by atoms with Crippen LogP contribution in [0.4, 0.5) is 5.69 Å². The van der Waals surface area contributed by atoms with Gasteiger partial charge in [-0.1, -0.05) is 32.4 Å². The summed E-state index contributed by atoms with van der Waals surface area (Å²) in [5.41, 5.74) is -0.432. The summed E-state index contributed by atoms with van der Waals surface area (Å²) < 4.78 is 0. The van der Waals surface area contributed by atoms with Crippen LogP contribution in [0.1, 0.15) is 51.4 Å². The Labute approximate surface area is 129 Å². The first-order valence-electron chi connectivity index (χ1n) is 6.68. The van der Waals surface area contributed by atoms with Gasteiger partial charge in [0.25, 0.3) is 11.6 Å². The van der Waals surface area contributed by atoms with Crippen molar-refractivity contribution in [2.45, 2.75) is 46.6 Å². The molecule has 0 saturated heterocycles. The zero-order valence-electron chi connectivity index (χ0n) is 13.0. The van der Waals surface area contributed by atoms with E-state index in [2.05, 4.69) is 26.1 Å². The summed E-state index contributed by atoms with van der Waals surface area (Å²) >= 11 is 5.97. The predicted molar refractivity (Wildman–Crippen MR) is 83.7 cm³/mol. The molecule has 0 atom stereocenters. The van der Waals surface area contributed by atoms with Gasteiger partial charge in [-0.05, 0) is 31.7 Å². The third-order valence-electron chi connectivity index (χ3n) is 2.83. The molecule has 1 aromatic carbocycles. The smallest absolute Gasteiger partial charge is 0.270 e. The third kappa shape index (κ3) is 5.34. The Morgan fingerprint density at radius 2 is 1.86 bits per heavy atom. The molecular weight excluding hydrogens is 292 g/mol. The topological polar surface area (TPSA) is 72.2 Å². The molecule has 116 valence electrons. The van der Waals surface area contributed by atoms with E-state index in [9.17, 15) is 14.9 Å². The standard InChI is InChI=1S/C15H21ClN2O3/c1-14(2,3)9-15(4,5)17-13(19)11-8-10(18(20)21)6-7-12(11)16/h6-8H,9H2,1-5H3,(H,17,19). The molecule has 1 aromatic rings. The molecule has 1 N–H and O–H groups in total. The second-order valence-electron chi connectivity index (χ2n) is 7.00. The number of amides is 1. The van der Waals surface area contributed by atoms with Crippen LogP contribution in [0.15, 0.2) is 18.2 Å². The minimum atomic E-state index is -0.548. The maximum atomic E-state index is 12.3. The van der Waals surface area contributed by atoms with Crippen LogP contribution in [-0.2, 0) is 0 Å². The van der Waals surface area contributed by atoms with Crippen molar-refractivity contribution in [3.05, 3.63) is 38.9 Å². The van der Waals surface area contributed by atoms with E-state index < -0.39 is 16.4 Å². The maximum absolute atomic E-state index is 12.3. The van der Waals surface area contributed by atoms with Crippen molar-refractivity contribution < 1.29 is 9.72 Å². The van der Waals surface area contributed by atoms with E-state index in [0.717, 1.165) is 6.42 Å². The summed E-state index contributed by atoms with van der Waals surface area (Å²) in [6.45, 7) is 10.1. The van der Waals surface area contributed by atoms with Crippen LogP contribution >= 0.6 is 11.6 Å². The van der Waals surface area contributed by atoms with E-state index in [1.165, 1.54) is 18.2 Å². The molecule has 0 heterocycles. The molecule has 0 aliphatic carbocycles. The van der Waals surface area contributed by atoms with Crippen molar-refractivity contribution in [1.82, 2.24) is 5.32 Å². The highest BCUT2D eigenvalue weighted by Gasteiger charge is 2.28. The van der Waals surface area contributed by atoms with E-state index in [1.54, 1.807) is 0 Å². The number of carbonyl (C=O) groups excluding carboxylic acids is 1. The van der Waals surface area contributed by atoms with Crippen LogP contribution in [0.25, 0.3) is 0 Å². The van der Waals surface area contributed by atoms with Crippen LogP contribution in [-0.4, -0.2) is 16.4 Å². The molecule has 0 saturated carbocycles. The summed E-state index contributed by atoms with van der Waals surface area (Å²) in [4.78, 5) is 22.6. The third-order valence-corrected chi connectivity index (χ3v) is 3.16. The number of nitro groups is 1. The van der Waals surface area contributed by atoms with Crippen molar-refractivity contribution in [3.63, 3.8) is 0 Å². The lowest BCUT2D eigenvalue weighted by Gasteiger charge is -2.33. The van der Waals surface area contributed by atoms with Gasteiger partial charge in [-0.25, -0.2) is 0 Å². The van der Waals surface area contributed by atoms with Crippen molar-refractivity contribution in [1.29, 1.82) is 0 Å². The molecule has 21 heavy (non-hydrogen) atoms. The number of non-ortho nitro benzene ring substituents is 1. The molecule has 0 aromatic heterocycles. The number of rotatable bonds is 4. The number of carbonyl (C=O) groups is 1. The average molecular weight is 313 g/mol. The normalized spacial score (nSPS) is 12.1. The largest absolute Gasteiger partial charge is 0.347 e. The number of benzene rings is 1. The molecule has 0 aliphatic heterocycles. The molecule has 0 spiro atoms. The number of nitro benzene ring substituents is 1. The van der Waals surface area contributed by atoms with Crippen molar-refractivity contribution in [2.24, 2.45) is 5.41 Å². The Kier molecular flexibility index (Phi) is 4.99.